The van der Waals surface area contributed by atoms with Gasteiger partial charge in [0.15, 0.2) is 23.2 Å². The molecule has 41 heavy (non-hydrogen) atoms. The van der Waals surface area contributed by atoms with E-state index in [2.05, 4.69) is 25.4 Å². The van der Waals surface area contributed by atoms with Gasteiger partial charge in [0.05, 0.1) is 19.0 Å². The third-order valence-corrected chi connectivity index (χ3v) is 7.77. The number of nitrogen functional groups attached to an aromatic ring is 1. The van der Waals surface area contributed by atoms with Gasteiger partial charge in [-0.25, -0.2) is 18.3 Å². The van der Waals surface area contributed by atoms with Crippen molar-refractivity contribution in [1.29, 1.82) is 0 Å². The van der Waals surface area contributed by atoms with Crippen LogP contribution in [0.25, 0.3) is 11.2 Å². The van der Waals surface area contributed by atoms with Crippen LogP contribution in [0.5, 0.6) is 5.75 Å². The van der Waals surface area contributed by atoms with Crippen molar-refractivity contribution in [3.05, 3.63) is 36.7 Å². The highest BCUT2D eigenvalue weighted by atomic mass is 31.2. The number of halogens is 2. The number of ether oxygens (including phenoxy) is 2. The number of anilines is 2. The molecule has 0 radical (unpaired) electrons. The Hall–Kier alpha value is -3.43. The second-order valence-corrected chi connectivity index (χ2v) is 11.3. The van der Waals surface area contributed by atoms with Crippen molar-refractivity contribution in [2.75, 3.05) is 31.4 Å². The normalized spacial score (nSPS) is 24.7. The molecule has 0 amide bonds. The number of nitrogens with zero attached hydrogens (tertiary/aromatic N) is 4. The molecule has 1 unspecified atom stereocenters. The van der Waals surface area contributed by atoms with E-state index < -0.39 is 63.2 Å². The van der Waals surface area contributed by atoms with Gasteiger partial charge in [-0.2, -0.15) is 15.1 Å². The van der Waals surface area contributed by atoms with E-state index in [4.69, 9.17) is 24.3 Å². The van der Waals surface area contributed by atoms with Crippen LogP contribution >= 0.6 is 7.75 Å². The van der Waals surface area contributed by atoms with Crippen LogP contribution in [0, 0.1) is 0 Å². The molecule has 3 heterocycles. The number of nitrogens with one attached hydrogen (secondary N) is 2. The molecule has 4 rings (SSSR count). The van der Waals surface area contributed by atoms with Gasteiger partial charge >= 0.3 is 13.7 Å². The summed E-state index contributed by atoms with van der Waals surface area (Å²) in [5.74, 6) is -0.525. The zero-order chi connectivity index (χ0) is 29.9. The number of rotatable bonds is 12. The smallest absolute Gasteiger partial charge is 0.459 e. The number of carbonyl (C=O) groups excluding carboxylic acids is 1. The maximum atomic E-state index is 16.0. The molecular weight excluding hydrogens is 567 g/mol. The summed E-state index contributed by atoms with van der Waals surface area (Å²) in [5.41, 5.74) is 3.01. The summed E-state index contributed by atoms with van der Waals surface area (Å²) >= 11 is 0. The van der Waals surface area contributed by atoms with Crippen LogP contribution in [0.15, 0.2) is 36.7 Å². The molecule has 0 bridgehead atoms. The molecule has 1 aliphatic heterocycles. The number of nitrogens with two attached hydrogens (primary N) is 1. The highest BCUT2D eigenvalue weighted by Crippen LogP contribution is 2.48. The number of aromatic nitrogens is 4. The lowest BCUT2D eigenvalue weighted by molar-refractivity contribution is -0.149. The van der Waals surface area contributed by atoms with Crippen LogP contribution in [0.4, 0.5) is 20.5 Å². The molecule has 1 aliphatic rings. The Morgan fingerprint density at radius 2 is 2.00 bits per heavy atom. The number of imidazole rings is 1. The number of carbonyl (C=O) groups is 1. The molecule has 1 aromatic carbocycles. The summed E-state index contributed by atoms with van der Waals surface area (Å²) in [5, 5.41) is 16.1. The summed E-state index contributed by atoms with van der Waals surface area (Å²) < 4.78 is 67.0. The zero-order valence-electron chi connectivity index (χ0n) is 22.7. The van der Waals surface area contributed by atoms with Crippen LogP contribution in [0.3, 0.4) is 0 Å². The number of para-hydroxylation sites is 1. The highest BCUT2D eigenvalue weighted by Gasteiger charge is 2.59. The Morgan fingerprint density at radius 1 is 1.29 bits per heavy atom. The molecule has 6 atom stereocenters. The second-order valence-electron chi connectivity index (χ2n) is 9.57. The van der Waals surface area contributed by atoms with Crippen LogP contribution < -0.4 is 20.7 Å². The highest BCUT2D eigenvalue weighted by molar-refractivity contribution is 7.52. The Kier molecular flexibility index (Phi) is 9.09. The SMILES string of the molecule is CNc1nc(N)nc2c1ncn2[C@@H]1O[C@H](COP(=O)(N[C@@H](C)C(=O)OC(C)C)Oc2ccccc2)[C@@H](O)[C@]1(F)CF. The van der Waals surface area contributed by atoms with Gasteiger partial charge in [0.2, 0.25) is 11.6 Å². The third-order valence-electron chi connectivity index (χ3n) is 6.13. The topological polar surface area (TPSA) is 185 Å². The monoisotopic (exact) mass is 599 g/mol. The first-order valence-electron chi connectivity index (χ1n) is 12.6. The Balaban J connectivity index is 1.59. The van der Waals surface area contributed by atoms with Crippen LogP contribution in [0.2, 0.25) is 0 Å². The molecule has 0 spiro atoms. The van der Waals surface area contributed by atoms with Crippen molar-refractivity contribution < 1.29 is 41.8 Å². The average Bonchev–Trinajstić information content (AvgIpc) is 3.45. The van der Waals surface area contributed by atoms with Gasteiger partial charge in [0.1, 0.15) is 30.7 Å². The van der Waals surface area contributed by atoms with Crippen LogP contribution in [-0.2, 0) is 23.4 Å². The summed E-state index contributed by atoms with van der Waals surface area (Å²) in [6.07, 6.45) is -4.66. The van der Waals surface area contributed by atoms with E-state index in [0.29, 0.717) is 0 Å². The van der Waals surface area contributed by atoms with Crippen LogP contribution in [0.1, 0.15) is 27.0 Å². The first-order chi connectivity index (χ1) is 19.4. The Bertz CT molecular complexity index is 1420. The number of fused-ring (bicyclic) bond motifs is 1. The number of benzene rings is 1. The molecule has 224 valence electrons. The lowest BCUT2D eigenvalue weighted by Gasteiger charge is -2.26. The molecule has 0 aliphatic carbocycles. The van der Waals surface area contributed by atoms with Gasteiger partial charge in [-0.3, -0.25) is 13.9 Å². The van der Waals surface area contributed by atoms with Crippen molar-refractivity contribution >= 4 is 36.6 Å². The first kappa shape index (κ1) is 30.5. The van der Waals surface area contributed by atoms with E-state index >= 15 is 4.39 Å². The van der Waals surface area contributed by atoms with Gasteiger partial charge in [-0.05, 0) is 32.9 Å². The van der Waals surface area contributed by atoms with Crippen molar-refractivity contribution in [3.63, 3.8) is 0 Å². The quantitative estimate of drug-likeness (QED) is 0.176. The van der Waals surface area contributed by atoms with Crippen molar-refractivity contribution in [3.8, 4) is 5.75 Å². The standard InChI is InChI=1S/C24H32F2N7O7P/c1-13(2)38-21(35)14(3)32-41(36,40-15-8-6-5-7-9-15)37-10-16-18(34)24(26,11-25)22(39-16)33-12-29-17-19(28-4)30-23(27)31-20(17)33/h5-9,12-14,16,18,22,34H,10-11H2,1-4H3,(H,32,36)(H3,27,28,30,31)/t14-,16+,18+,22+,24+,41?/m0/s1. The largest absolute Gasteiger partial charge is 0.462 e. The van der Waals surface area contributed by atoms with Gasteiger partial charge in [-0.1, -0.05) is 18.2 Å². The zero-order valence-corrected chi connectivity index (χ0v) is 23.6. The molecule has 0 saturated carbocycles. The molecule has 2 aromatic heterocycles. The molecule has 5 N–H and O–H groups in total. The van der Waals surface area contributed by atoms with Crippen molar-refractivity contribution in [2.24, 2.45) is 0 Å². The third kappa shape index (κ3) is 6.41. The lowest BCUT2D eigenvalue weighted by Crippen LogP contribution is -2.45. The van der Waals surface area contributed by atoms with E-state index in [-0.39, 0.29) is 28.7 Å². The molecule has 3 aromatic rings. The fourth-order valence-corrected chi connectivity index (χ4v) is 5.67. The number of esters is 1. The number of aliphatic hydroxyl groups excluding tert-OH is 1. The van der Waals surface area contributed by atoms with E-state index in [1.807, 2.05) is 0 Å². The van der Waals surface area contributed by atoms with E-state index in [9.17, 15) is 18.9 Å². The lowest BCUT2D eigenvalue weighted by atomic mass is 9.97. The number of aliphatic hydroxyl groups is 1. The van der Waals surface area contributed by atoms with Gasteiger partial charge < -0.3 is 30.2 Å². The Labute approximate surface area is 234 Å². The number of alkyl halides is 2. The predicted molar refractivity (Wildman–Crippen MR) is 143 cm³/mol. The minimum atomic E-state index is -4.38. The predicted octanol–water partition coefficient (Wildman–Crippen LogP) is 2.52. The van der Waals surface area contributed by atoms with E-state index in [1.165, 1.54) is 19.1 Å². The maximum Gasteiger partial charge on any atom is 0.459 e. The summed E-state index contributed by atoms with van der Waals surface area (Å²) in [6.45, 7) is 2.31. The van der Waals surface area contributed by atoms with Gasteiger partial charge in [-0.15, -0.1) is 0 Å². The summed E-state index contributed by atoms with van der Waals surface area (Å²) in [6, 6.07) is 6.79. The molecule has 14 nitrogen and oxygen atoms in total. The van der Waals surface area contributed by atoms with Crippen LogP contribution in [-0.4, -0.2) is 80.9 Å². The number of hydrogen-bond acceptors (Lipinski definition) is 12. The van der Waals surface area contributed by atoms with Crippen molar-refractivity contribution in [1.82, 2.24) is 24.6 Å². The average molecular weight is 600 g/mol. The fourth-order valence-electron chi connectivity index (χ4n) is 4.17. The van der Waals surface area contributed by atoms with Gasteiger partial charge in [0, 0.05) is 7.05 Å². The molecule has 17 heteroatoms. The maximum absolute atomic E-state index is 16.0. The van der Waals surface area contributed by atoms with Crippen molar-refractivity contribution in [2.45, 2.75) is 57.0 Å². The molecule has 1 saturated heterocycles. The van der Waals surface area contributed by atoms with E-state index in [0.717, 1.165) is 10.9 Å². The minimum absolute atomic E-state index is 0.0216. The minimum Gasteiger partial charge on any atom is -0.462 e. The fraction of sp³-hybridized carbons (Fsp3) is 0.500. The first-order valence-corrected chi connectivity index (χ1v) is 14.2. The summed E-state index contributed by atoms with van der Waals surface area (Å²) in [7, 11) is -2.82. The molecular formula is C24H32F2N7O7P. The Morgan fingerprint density at radius 3 is 2.63 bits per heavy atom. The van der Waals surface area contributed by atoms with E-state index in [1.54, 1.807) is 39.1 Å². The summed E-state index contributed by atoms with van der Waals surface area (Å²) in [4.78, 5) is 24.6. The molecule has 1 fully saturated rings. The number of hydrogen-bond donors (Lipinski definition) is 4. The van der Waals surface area contributed by atoms with Gasteiger partial charge in [0.25, 0.3) is 0 Å². The second kappa shape index (κ2) is 12.2.